The van der Waals surface area contributed by atoms with Gasteiger partial charge >= 0.3 is 0 Å². The molecule has 4 aromatic rings. The first-order valence-corrected chi connectivity index (χ1v) is 13.1. The normalized spacial score (nSPS) is 13.3. The number of aromatic nitrogens is 4. The number of nitrogens with zero attached hydrogens (tertiary/aromatic N) is 4. The van der Waals surface area contributed by atoms with E-state index in [9.17, 15) is 18.8 Å². The van der Waals surface area contributed by atoms with Gasteiger partial charge in [-0.3, -0.25) is 19.0 Å². The Morgan fingerprint density at radius 3 is 2.52 bits per heavy atom. The first kappa shape index (κ1) is 28.5. The van der Waals surface area contributed by atoms with Gasteiger partial charge in [-0.2, -0.15) is 0 Å². The Morgan fingerprint density at radius 2 is 1.81 bits per heavy atom. The van der Waals surface area contributed by atoms with Gasteiger partial charge < -0.3 is 24.9 Å². The molecule has 1 atom stereocenters. The van der Waals surface area contributed by atoms with Gasteiger partial charge in [0.05, 0.1) is 17.7 Å². The molecule has 5 rings (SSSR count). The molecule has 1 aliphatic heterocycles. The highest BCUT2D eigenvalue weighted by Crippen LogP contribution is 2.38. The molecule has 218 valence electrons. The van der Waals surface area contributed by atoms with Crippen LogP contribution in [0.15, 0.2) is 57.9 Å². The molecular weight excluding hydrogens is 547 g/mol. The van der Waals surface area contributed by atoms with Crippen molar-refractivity contribution in [2.45, 2.75) is 45.7 Å². The van der Waals surface area contributed by atoms with Crippen LogP contribution in [0, 0.1) is 11.7 Å². The Balaban J connectivity index is 1.36. The van der Waals surface area contributed by atoms with Crippen molar-refractivity contribution in [2.75, 3.05) is 12.5 Å². The summed E-state index contributed by atoms with van der Waals surface area (Å²) in [7, 11) is 0. The van der Waals surface area contributed by atoms with E-state index in [1.807, 2.05) is 26.0 Å². The van der Waals surface area contributed by atoms with E-state index >= 15 is 0 Å². The predicted molar refractivity (Wildman–Crippen MR) is 148 cm³/mol. The van der Waals surface area contributed by atoms with E-state index in [-0.39, 0.29) is 36.0 Å². The summed E-state index contributed by atoms with van der Waals surface area (Å²) in [6.07, 6.45) is 1.17. The number of nitrogen functional groups attached to an aromatic ring is 1. The van der Waals surface area contributed by atoms with E-state index in [4.69, 9.17) is 19.6 Å². The summed E-state index contributed by atoms with van der Waals surface area (Å²) in [5, 5.41) is 10.8. The maximum atomic E-state index is 13.5. The summed E-state index contributed by atoms with van der Waals surface area (Å²) in [5.74, 6) is -0.815. The number of carbonyl (C=O) groups excluding carboxylic acids is 2. The number of hydrogen-bond donors (Lipinski definition) is 2. The maximum Gasteiger partial charge on any atom is 0.286 e. The monoisotopic (exact) mass is 576 g/mol. The number of carbonyl (C=O) groups is 2. The van der Waals surface area contributed by atoms with Crippen molar-refractivity contribution in [3.05, 3.63) is 82.2 Å². The third-order valence-electron chi connectivity index (χ3n) is 7.01. The fraction of sp³-hybridized carbons (Fsp3) is 0.310. The molecule has 3 N–H and O–H groups in total. The number of rotatable bonds is 9. The first-order chi connectivity index (χ1) is 20.0. The molecule has 0 fully saturated rings. The fourth-order valence-electron chi connectivity index (χ4n) is 4.50. The minimum absolute atomic E-state index is 0.115. The Labute approximate surface area is 239 Å². The Bertz CT molecular complexity index is 1710. The van der Waals surface area contributed by atoms with Crippen molar-refractivity contribution in [3.63, 3.8) is 0 Å². The van der Waals surface area contributed by atoms with Crippen LogP contribution in [0.5, 0.6) is 11.5 Å². The zero-order chi connectivity index (χ0) is 30.2. The van der Waals surface area contributed by atoms with Gasteiger partial charge in [-0.15, -0.1) is 10.2 Å². The van der Waals surface area contributed by atoms with Crippen LogP contribution in [0.25, 0.3) is 11.4 Å². The summed E-state index contributed by atoms with van der Waals surface area (Å²) in [4.78, 5) is 43.7. The lowest BCUT2D eigenvalue weighted by Gasteiger charge is -2.22. The van der Waals surface area contributed by atoms with Crippen molar-refractivity contribution in [3.8, 4) is 22.9 Å². The Morgan fingerprint density at radius 1 is 1.10 bits per heavy atom. The average molecular weight is 577 g/mol. The zero-order valence-corrected chi connectivity index (χ0v) is 23.4. The molecule has 0 bridgehead atoms. The van der Waals surface area contributed by atoms with Crippen LogP contribution < -0.4 is 26.1 Å². The third-order valence-corrected chi connectivity index (χ3v) is 7.01. The average Bonchev–Trinajstić information content (AvgIpc) is 3.65. The molecule has 42 heavy (non-hydrogen) atoms. The van der Waals surface area contributed by atoms with Crippen molar-refractivity contribution in [1.29, 1.82) is 0 Å². The second-order valence-corrected chi connectivity index (χ2v) is 10.7. The van der Waals surface area contributed by atoms with Crippen LogP contribution >= 0.6 is 0 Å². The van der Waals surface area contributed by atoms with Crippen molar-refractivity contribution in [1.82, 2.24) is 25.1 Å². The number of ether oxygens (including phenoxy) is 2. The van der Waals surface area contributed by atoms with Crippen LogP contribution in [0.3, 0.4) is 0 Å². The maximum absolute atomic E-state index is 13.5. The first-order valence-electron chi connectivity index (χ1n) is 13.1. The van der Waals surface area contributed by atoms with Gasteiger partial charge in [0, 0.05) is 5.56 Å². The molecule has 12 nitrogen and oxygen atoms in total. The van der Waals surface area contributed by atoms with Gasteiger partial charge in [-0.05, 0) is 61.7 Å². The number of anilines is 1. The van der Waals surface area contributed by atoms with Gasteiger partial charge in [0.1, 0.15) is 23.9 Å². The molecule has 1 amide bonds. The minimum Gasteiger partial charge on any atom is -0.454 e. The van der Waals surface area contributed by atoms with E-state index in [0.29, 0.717) is 17.1 Å². The zero-order valence-electron chi connectivity index (χ0n) is 23.4. The number of Topliss-reactive ketones (excluding diaryl/α,β-unsaturated/α-hetero) is 1. The smallest absolute Gasteiger partial charge is 0.286 e. The molecule has 1 aliphatic rings. The van der Waals surface area contributed by atoms with Crippen LogP contribution in [0.4, 0.5) is 10.1 Å². The number of amides is 1. The summed E-state index contributed by atoms with van der Waals surface area (Å²) in [5.41, 5.74) is 5.37. The van der Waals surface area contributed by atoms with Crippen LogP contribution in [0.2, 0.25) is 0 Å². The van der Waals surface area contributed by atoms with E-state index in [0.717, 1.165) is 10.1 Å². The highest BCUT2D eigenvalue weighted by atomic mass is 19.1. The second-order valence-electron chi connectivity index (χ2n) is 10.7. The quantitative estimate of drug-likeness (QED) is 0.283. The van der Waals surface area contributed by atoms with Gasteiger partial charge in [-0.1, -0.05) is 19.9 Å². The third kappa shape index (κ3) is 5.45. The summed E-state index contributed by atoms with van der Waals surface area (Å²) in [6.45, 7) is 6.86. The lowest BCUT2D eigenvalue weighted by Crippen LogP contribution is -2.46. The van der Waals surface area contributed by atoms with Gasteiger partial charge in [0.25, 0.3) is 11.4 Å². The lowest BCUT2D eigenvalue weighted by atomic mass is 9.84. The molecule has 0 spiro atoms. The molecule has 1 unspecified atom stereocenters. The van der Waals surface area contributed by atoms with Crippen molar-refractivity contribution >= 4 is 17.4 Å². The number of fused-ring (bicyclic) bond motifs is 1. The standard InChI is InChI=1S/C29H29FN6O6/c1-15(2)23(33-22(37)13-36-25(32-12-19(31)27(36)39)16-5-8-18(30)9-6-16)24(38)26-34-35-28(42-26)29(3,4)17-7-10-20-21(11-17)41-14-40-20/h5-12,15,23H,13-14,31H2,1-4H3,(H,33,37). The minimum atomic E-state index is -1.04. The second kappa shape index (κ2) is 11.1. The number of halogens is 1. The molecule has 0 saturated carbocycles. The van der Waals surface area contributed by atoms with Crippen molar-refractivity contribution < 1.29 is 27.9 Å². The van der Waals surface area contributed by atoms with Crippen LogP contribution in [-0.4, -0.2) is 44.3 Å². The lowest BCUT2D eigenvalue weighted by molar-refractivity contribution is -0.122. The topological polar surface area (TPSA) is 164 Å². The summed E-state index contributed by atoms with van der Waals surface area (Å²) < 4.78 is 31.2. The fourth-order valence-corrected chi connectivity index (χ4v) is 4.50. The van der Waals surface area contributed by atoms with Crippen LogP contribution in [-0.2, 0) is 16.8 Å². The number of nitrogens with one attached hydrogen (secondary N) is 1. The molecule has 3 heterocycles. The summed E-state index contributed by atoms with van der Waals surface area (Å²) >= 11 is 0. The van der Waals surface area contributed by atoms with Crippen molar-refractivity contribution in [2.24, 2.45) is 5.92 Å². The number of hydrogen-bond acceptors (Lipinski definition) is 10. The van der Waals surface area contributed by atoms with E-state index in [2.05, 4.69) is 20.5 Å². The van der Waals surface area contributed by atoms with Gasteiger partial charge in [0.2, 0.25) is 24.4 Å². The highest BCUT2D eigenvalue weighted by molar-refractivity contribution is 5.98. The SMILES string of the molecule is CC(C)C(NC(=O)Cn1c(-c2ccc(F)cc2)ncc(N)c1=O)C(=O)c1nnc(C(C)(C)c2ccc3c(c2)OCO3)o1. The molecule has 0 radical (unpaired) electrons. The Hall–Kier alpha value is -5.07. The molecular formula is C29H29FN6O6. The number of benzene rings is 2. The number of nitrogens with two attached hydrogens (primary N) is 1. The van der Waals surface area contributed by atoms with Gasteiger partial charge in [0.15, 0.2) is 11.5 Å². The van der Waals surface area contributed by atoms with Gasteiger partial charge in [-0.25, -0.2) is 9.37 Å². The highest BCUT2D eigenvalue weighted by Gasteiger charge is 2.35. The molecule has 13 heteroatoms. The molecule has 0 aliphatic carbocycles. The van der Waals surface area contributed by atoms with Crippen LogP contribution in [0.1, 0.15) is 49.8 Å². The predicted octanol–water partition coefficient (Wildman–Crippen LogP) is 3.09. The van der Waals surface area contributed by atoms with E-state index < -0.39 is 41.1 Å². The number of ketones is 1. The molecule has 2 aromatic heterocycles. The van der Waals surface area contributed by atoms with E-state index in [1.165, 1.54) is 30.5 Å². The summed E-state index contributed by atoms with van der Waals surface area (Å²) in [6, 6.07) is 9.70. The molecule has 2 aromatic carbocycles. The Kier molecular flexibility index (Phi) is 7.50. The molecule has 0 saturated heterocycles. The van der Waals surface area contributed by atoms with E-state index in [1.54, 1.807) is 19.9 Å². The largest absolute Gasteiger partial charge is 0.454 e.